The Morgan fingerprint density at radius 3 is 2.93 bits per heavy atom. The molecule has 2 rings (SSSR count). The van der Waals surface area contributed by atoms with Crippen LogP contribution in [0.5, 0.6) is 0 Å². The van der Waals surface area contributed by atoms with Gasteiger partial charge in [0.25, 0.3) is 0 Å². The zero-order valence-corrected chi connectivity index (χ0v) is 10.7. The van der Waals surface area contributed by atoms with Crippen molar-refractivity contribution in [2.45, 2.75) is 38.1 Å². The fraction of sp³-hybridized carbons (Fsp3) is 1.00. The van der Waals surface area contributed by atoms with E-state index in [0.29, 0.717) is 5.54 Å². The molecule has 0 aliphatic carbocycles. The molecule has 0 radical (unpaired) electrons. The second kappa shape index (κ2) is 5.07. The van der Waals surface area contributed by atoms with Crippen LogP contribution >= 0.6 is 11.8 Å². The van der Waals surface area contributed by atoms with E-state index in [0.717, 1.165) is 12.5 Å². The largest absolute Gasteiger partial charge is 0.329 e. The Morgan fingerprint density at radius 1 is 1.40 bits per heavy atom. The van der Waals surface area contributed by atoms with Crippen LogP contribution in [-0.2, 0) is 0 Å². The van der Waals surface area contributed by atoms with E-state index >= 15 is 0 Å². The van der Waals surface area contributed by atoms with E-state index < -0.39 is 0 Å². The van der Waals surface area contributed by atoms with Crippen LogP contribution in [0.4, 0.5) is 0 Å². The Morgan fingerprint density at radius 2 is 2.27 bits per heavy atom. The third kappa shape index (κ3) is 2.51. The molecule has 2 saturated heterocycles. The molecule has 2 aliphatic rings. The highest BCUT2D eigenvalue weighted by Crippen LogP contribution is 2.34. The van der Waals surface area contributed by atoms with Crippen LogP contribution in [0.3, 0.4) is 0 Å². The minimum absolute atomic E-state index is 0.356. The van der Waals surface area contributed by atoms with Gasteiger partial charge in [-0.25, -0.2) is 0 Å². The molecule has 3 heteroatoms. The van der Waals surface area contributed by atoms with Crippen molar-refractivity contribution < 1.29 is 0 Å². The van der Waals surface area contributed by atoms with Gasteiger partial charge in [-0.2, -0.15) is 11.8 Å². The fourth-order valence-electron chi connectivity index (χ4n) is 2.87. The predicted octanol–water partition coefficient (Wildman–Crippen LogP) is 1.94. The van der Waals surface area contributed by atoms with E-state index in [-0.39, 0.29) is 0 Å². The molecule has 15 heavy (non-hydrogen) atoms. The number of likely N-dealkylation sites (tertiary alicyclic amines) is 1. The molecule has 2 fully saturated rings. The summed E-state index contributed by atoms with van der Waals surface area (Å²) in [5.41, 5.74) is 6.39. The fourth-order valence-corrected chi connectivity index (χ4v) is 4.37. The molecule has 2 unspecified atom stereocenters. The second-order valence-electron chi connectivity index (χ2n) is 5.25. The van der Waals surface area contributed by atoms with Gasteiger partial charge in [-0.3, -0.25) is 4.90 Å². The summed E-state index contributed by atoms with van der Waals surface area (Å²) in [6.07, 6.45) is 5.45. The van der Waals surface area contributed by atoms with Crippen LogP contribution in [0.25, 0.3) is 0 Å². The number of thioether (sulfide) groups is 1. The number of hydrogen-bond acceptors (Lipinski definition) is 3. The molecule has 0 aromatic rings. The van der Waals surface area contributed by atoms with Gasteiger partial charge in [0.15, 0.2) is 0 Å². The molecule has 2 nitrogen and oxygen atoms in total. The first-order chi connectivity index (χ1) is 7.27. The molecule has 0 amide bonds. The van der Waals surface area contributed by atoms with Crippen LogP contribution in [0.15, 0.2) is 0 Å². The molecule has 0 spiro atoms. The summed E-state index contributed by atoms with van der Waals surface area (Å²) in [5, 5.41) is 0. The van der Waals surface area contributed by atoms with Gasteiger partial charge < -0.3 is 5.73 Å². The highest BCUT2D eigenvalue weighted by atomic mass is 32.2. The maximum absolute atomic E-state index is 6.03. The van der Waals surface area contributed by atoms with Gasteiger partial charge >= 0.3 is 0 Å². The van der Waals surface area contributed by atoms with Crippen molar-refractivity contribution in [3.8, 4) is 0 Å². The van der Waals surface area contributed by atoms with E-state index in [1.54, 1.807) is 0 Å². The van der Waals surface area contributed by atoms with Crippen molar-refractivity contribution in [3.63, 3.8) is 0 Å². The van der Waals surface area contributed by atoms with Gasteiger partial charge in [-0.05, 0) is 50.4 Å². The van der Waals surface area contributed by atoms with Gasteiger partial charge in [0.2, 0.25) is 0 Å². The standard InChI is InChI=1S/C12H24N2S/c1-11-3-2-6-14(7-4-11)12(9-13)5-8-15-10-12/h11H,2-10,13H2,1H3. The van der Waals surface area contributed by atoms with Crippen molar-refractivity contribution in [2.24, 2.45) is 11.7 Å². The van der Waals surface area contributed by atoms with Crippen LogP contribution < -0.4 is 5.73 Å². The summed E-state index contributed by atoms with van der Waals surface area (Å²) in [7, 11) is 0. The first-order valence-electron chi connectivity index (χ1n) is 6.30. The first kappa shape index (κ1) is 11.7. The Kier molecular flexibility index (Phi) is 3.97. The highest BCUT2D eigenvalue weighted by molar-refractivity contribution is 7.99. The topological polar surface area (TPSA) is 29.3 Å². The zero-order chi connectivity index (χ0) is 10.7. The van der Waals surface area contributed by atoms with Crippen molar-refractivity contribution in [1.82, 2.24) is 4.90 Å². The van der Waals surface area contributed by atoms with E-state index in [9.17, 15) is 0 Å². The van der Waals surface area contributed by atoms with Crippen LogP contribution in [0, 0.1) is 5.92 Å². The second-order valence-corrected chi connectivity index (χ2v) is 6.36. The monoisotopic (exact) mass is 228 g/mol. The summed E-state index contributed by atoms with van der Waals surface area (Å²) in [4.78, 5) is 2.70. The SMILES string of the molecule is CC1CCCN(C2(CN)CCSC2)CC1. The summed E-state index contributed by atoms with van der Waals surface area (Å²) in [6, 6.07) is 0. The van der Waals surface area contributed by atoms with Gasteiger partial charge in [-0.15, -0.1) is 0 Å². The predicted molar refractivity (Wildman–Crippen MR) is 68.3 cm³/mol. The number of nitrogens with zero attached hydrogens (tertiary/aromatic N) is 1. The van der Waals surface area contributed by atoms with Gasteiger partial charge in [0.1, 0.15) is 0 Å². The Hall–Kier alpha value is 0.270. The third-order valence-electron chi connectivity index (χ3n) is 4.15. The number of nitrogens with two attached hydrogens (primary N) is 1. The lowest BCUT2D eigenvalue weighted by Gasteiger charge is -2.39. The van der Waals surface area contributed by atoms with Crippen LogP contribution in [-0.4, -0.2) is 41.6 Å². The highest BCUT2D eigenvalue weighted by Gasteiger charge is 2.39. The summed E-state index contributed by atoms with van der Waals surface area (Å²) >= 11 is 2.09. The van der Waals surface area contributed by atoms with Crippen molar-refractivity contribution >= 4 is 11.8 Å². The average molecular weight is 228 g/mol. The number of hydrogen-bond donors (Lipinski definition) is 1. The van der Waals surface area contributed by atoms with E-state index in [2.05, 4.69) is 23.6 Å². The molecule has 2 heterocycles. The summed E-state index contributed by atoms with van der Waals surface area (Å²) in [5.74, 6) is 3.49. The van der Waals surface area contributed by atoms with E-state index in [1.807, 2.05) is 0 Å². The van der Waals surface area contributed by atoms with Crippen LogP contribution in [0.2, 0.25) is 0 Å². The Labute approximate surface area is 98.0 Å². The zero-order valence-electron chi connectivity index (χ0n) is 9.87. The van der Waals surface area contributed by atoms with Crippen molar-refractivity contribution in [1.29, 1.82) is 0 Å². The molecule has 0 saturated carbocycles. The van der Waals surface area contributed by atoms with E-state index in [4.69, 9.17) is 5.73 Å². The van der Waals surface area contributed by atoms with Gasteiger partial charge in [-0.1, -0.05) is 6.92 Å². The number of rotatable bonds is 2. The van der Waals surface area contributed by atoms with E-state index in [1.165, 1.54) is 50.3 Å². The van der Waals surface area contributed by atoms with Crippen molar-refractivity contribution in [3.05, 3.63) is 0 Å². The molecule has 2 N–H and O–H groups in total. The summed E-state index contributed by atoms with van der Waals surface area (Å²) in [6.45, 7) is 5.80. The Balaban J connectivity index is 2.01. The molecular formula is C12H24N2S. The lowest BCUT2D eigenvalue weighted by Crippen LogP contribution is -2.54. The maximum Gasteiger partial charge on any atom is 0.0429 e. The molecule has 0 aromatic carbocycles. The minimum atomic E-state index is 0.356. The third-order valence-corrected chi connectivity index (χ3v) is 5.38. The molecule has 88 valence electrons. The lowest BCUT2D eigenvalue weighted by atomic mass is 9.96. The molecule has 0 bridgehead atoms. The molecular weight excluding hydrogens is 204 g/mol. The normalized spacial score (nSPS) is 39.2. The lowest BCUT2D eigenvalue weighted by molar-refractivity contribution is 0.120. The molecule has 2 atom stereocenters. The Bertz CT molecular complexity index is 202. The minimum Gasteiger partial charge on any atom is -0.329 e. The molecule has 2 aliphatic heterocycles. The quantitative estimate of drug-likeness (QED) is 0.783. The van der Waals surface area contributed by atoms with Gasteiger partial charge in [0, 0.05) is 17.8 Å². The first-order valence-corrected chi connectivity index (χ1v) is 7.45. The maximum atomic E-state index is 6.03. The smallest absolute Gasteiger partial charge is 0.0429 e. The van der Waals surface area contributed by atoms with Crippen molar-refractivity contribution in [2.75, 3.05) is 31.1 Å². The summed E-state index contributed by atoms with van der Waals surface area (Å²) < 4.78 is 0. The van der Waals surface area contributed by atoms with Gasteiger partial charge in [0.05, 0.1) is 0 Å². The molecule has 0 aromatic heterocycles. The average Bonchev–Trinajstić information content (AvgIpc) is 2.63. The van der Waals surface area contributed by atoms with Crippen LogP contribution in [0.1, 0.15) is 32.6 Å².